The Kier molecular flexibility index (Phi) is 5.69. The summed E-state index contributed by atoms with van der Waals surface area (Å²) in [6.45, 7) is 6.00. The van der Waals surface area contributed by atoms with Crippen molar-refractivity contribution in [2.45, 2.75) is 6.92 Å². The van der Waals surface area contributed by atoms with E-state index in [-0.39, 0.29) is 5.91 Å². The van der Waals surface area contributed by atoms with Crippen LogP contribution in [0.15, 0.2) is 58.3 Å². The van der Waals surface area contributed by atoms with E-state index in [4.69, 9.17) is 4.42 Å². The lowest BCUT2D eigenvalue weighted by Gasteiger charge is -2.33. The highest BCUT2D eigenvalue weighted by atomic mass is 32.1. The number of hydrogen-bond donors (Lipinski definition) is 0. The lowest BCUT2D eigenvalue weighted by Crippen LogP contribution is -2.48. The summed E-state index contributed by atoms with van der Waals surface area (Å²) in [4.78, 5) is 21.4. The van der Waals surface area contributed by atoms with Gasteiger partial charge in [-0.2, -0.15) is 0 Å². The SMILES string of the molecule is Cc1nc(-c2ccc(C(=O)N3CCN(C/C=C/c4ccccc4)CC3)o2)cs1. The number of piperazine rings is 1. The first-order chi connectivity index (χ1) is 13.7. The van der Waals surface area contributed by atoms with Crippen molar-refractivity contribution < 1.29 is 9.21 Å². The minimum absolute atomic E-state index is 0.0438. The van der Waals surface area contributed by atoms with E-state index in [0.717, 1.165) is 30.3 Å². The van der Waals surface area contributed by atoms with Gasteiger partial charge in [0.25, 0.3) is 5.91 Å². The molecule has 1 saturated heterocycles. The van der Waals surface area contributed by atoms with Gasteiger partial charge in [-0.15, -0.1) is 11.3 Å². The molecule has 6 heteroatoms. The maximum absolute atomic E-state index is 12.7. The average Bonchev–Trinajstić information content (AvgIpc) is 3.38. The third kappa shape index (κ3) is 4.40. The number of nitrogens with zero attached hydrogens (tertiary/aromatic N) is 3. The zero-order valence-corrected chi connectivity index (χ0v) is 16.7. The molecule has 144 valence electrons. The lowest BCUT2D eigenvalue weighted by atomic mass is 10.2. The average molecular weight is 394 g/mol. The van der Waals surface area contributed by atoms with E-state index in [1.54, 1.807) is 17.4 Å². The van der Waals surface area contributed by atoms with Gasteiger partial charge < -0.3 is 9.32 Å². The van der Waals surface area contributed by atoms with Crippen LogP contribution < -0.4 is 0 Å². The molecule has 2 aromatic heterocycles. The van der Waals surface area contributed by atoms with Crippen LogP contribution in [0.1, 0.15) is 21.1 Å². The van der Waals surface area contributed by atoms with Gasteiger partial charge >= 0.3 is 0 Å². The molecule has 0 radical (unpaired) electrons. The van der Waals surface area contributed by atoms with Gasteiger partial charge in [0.2, 0.25) is 0 Å². The maximum atomic E-state index is 12.7. The topological polar surface area (TPSA) is 49.6 Å². The predicted octanol–water partition coefficient (Wildman–Crippen LogP) is 4.18. The maximum Gasteiger partial charge on any atom is 0.289 e. The smallest absolute Gasteiger partial charge is 0.289 e. The Labute approximate surface area is 168 Å². The molecule has 28 heavy (non-hydrogen) atoms. The molecule has 4 rings (SSSR count). The number of furan rings is 1. The molecule has 1 aliphatic rings. The van der Waals surface area contributed by atoms with E-state index in [9.17, 15) is 4.79 Å². The Morgan fingerprint density at radius 1 is 1.14 bits per heavy atom. The summed E-state index contributed by atoms with van der Waals surface area (Å²) in [6.07, 6.45) is 4.32. The van der Waals surface area contributed by atoms with Crippen LogP contribution in [0.5, 0.6) is 0 Å². The van der Waals surface area contributed by atoms with Gasteiger partial charge in [-0.25, -0.2) is 4.98 Å². The van der Waals surface area contributed by atoms with Crippen LogP contribution in [0.3, 0.4) is 0 Å². The Bertz CT molecular complexity index is 953. The quantitative estimate of drug-likeness (QED) is 0.652. The molecule has 0 aliphatic carbocycles. The normalized spacial score (nSPS) is 15.4. The number of hydrogen-bond acceptors (Lipinski definition) is 5. The minimum Gasteiger partial charge on any atom is -0.449 e. The molecule has 1 fully saturated rings. The standard InChI is InChI=1S/C22H23N3O2S/c1-17-23-19(16-28-17)20-9-10-21(27-20)22(26)25-14-12-24(13-15-25)11-5-8-18-6-3-2-4-7-18/h2-10,16H,11-15H2,1H3/b8-5+. The highest BCUT2D eigenvalue weighted by Crippen LogP contribution is 2.24. The molecule has 0 N–H and O–H groups in total. The largest absolute Gasteiger partial charge is 0.449 e. The third-order valence-electron chi connectivity index (χ3n) is 4.82. The Hall–Kier alpha value is -2.70. The van der Waals surface area contributed by atoms with Gasteiger partial charge in [-0.3, -0.25) is 9.69 Å². The van der Waals surface area contributed by atoms with Crippen molar-refractivity contribution in [2.24, 2.45) is 0 Å². The monoisotopic (exact) mass is 393 g/mol. The van der Waals surface area contributed by atoms with Crippen molar-refractivity contribution in [3.63, 3.8) is 0 Å². The van der Waals surface area contributed by atoms with E-state index in [2.05, 4.69) is 34.2 Å². The van der Waals surface area contributed by atoms with E-state index in [1.165, 1.54) is 5.56 Å². The first-order valence-electron chi connectivity index (χ1n) is 9.44. The summed E-state index contributed by atoms with van der Waals surface area (Å²) < 4.78 is 5.77. The molecule has 1 amide bonds. The van der Waals surface area contributed by atoms with Crippen LogP contribution in [-0.2, 0) is 0 Å². The van der Waals surface area contributed by atoms with Gasteiger partial charge in [-0.1, -0.05) is 42.5 Å². The Balaban J connectivity index is 1.29. The first-order valence-corrected chi connectivity index (χ1v) is 10.3. The van der Waals surface area contributed by atoms with Gasteiger partial charge in [0.1, 0.15) is 5.69 Å². The molecular formula is C22H23N3O2S. The molecule has 1 aliphatic heterocycles. The number of benzene rings is 1. The van der Waals surface area contributed by atoms with Crippen molar-refractivity contribution >= 4 is 23.3 Å². The van der Waals surface area contributed by atoms with Crippen molar-refractivity contribution in [2.75, 3.05) is 32.7 Å². The van der Waals surface area contributed by atoms with Crippen LogP contribution in [0.2, 0.25) is 0 Å². The van der Waals surface area contributed by atoms with Crippen molar-refractivity contribution in [1.29, 1.82) is 0 Å². The van der Waals surface area contributed by atoms with Crippen LogP contribution in [0, 0.1) is 6.92 Å². The van der Waals surface area contributed by atoms with Crippen LogP contribution in [0.25, 0.3) is 17.5 Å². The van der Waals surface area contributed by atoms with Crippen LogP contribution in [-0.4, -0.2) is 53.4 Å². The number of thiazole rings is 1. The second-order valence-corrected chi connectivity index (χ2v) is 7.88. The zero-order valence-electron chi connectivity index (χ0n) is 15.9. The van der Waals surface area contributed by atoms with Crippen molar-refractivity contribution in [3.05, 3.63) is 70.3 Å². The highest BCUT2D eigenvalue weighted by molar-refractivity contribution is 7.09. The Morgan fingerprint density at radius 2 is 1.93 bits per heavy atom. The van der Waals surface area contributed by atoms with Gasteiger partial charge in [-0.05, 0) is 24.6 Å². The van der Waals surface area contributed by atoms with Gasteiger partial charge in [0.05, 0.1) is 5.01 Å². The molecule has 0 saturated carbocycles. The highest BCUT2D eigenvalue weighted by Gasteiger charge is 2.24. The van der Waals surface area contributed by atoms with E-state index in [0.29, 0.717) is 24.6 Å². The number of amides is 1. The summed E-state index contributed by atoms with van der Waals surface area (Å²) in [5, 5.41) is 2.93. The molecule has 5 nitrogen and oxygen atoms in total. The summed E-state index contributed by atoms with van der Waals surface area (Å²) in [5.41, 5.74) is 2.00. The minimum atomic E-state index is -0.0438. The predicted molar refractivity (Wildman–Crippen MR) is 112 cm³/mol. The fraction of sp³-hybridized carbons (Fsp3) is 0.273. The van der Waals surface area contributed by atoms with Gasteiger partial charge in [0.15, 0.2) is 11.5 Å². The second-order valence-electron chi connectivity index (χ2n) is 6.82. The number of carbonyl (C=O) groups is 1. The third-order valence-corrected chi connectivity index (χ3v) is 5.59. The van der Waals surface area contributed by atoms with Crippen molar-refractivity contribution in [3.8, 4) is 11.5 Å². The van der Waals surface area contributed by atoms with Crippen molar-refractivity contribution in [1.82, 2.24) is 14.8 Å². The molecular weight excluding hydrogens is 370 g/mol. The van der Waals surface area contributed by atoms with E-state index >= 15 is 0 Å². The van der Waals surface area contributed by atoms with E-state index in [1.807, 2.05) is 41.5 Å². The summed E-state index contributed by atoms with van der Waals surface area (Å²) >= 11 is 1.57. The molecule has 0 atom stereocenters. The summed E-state index contributed by atoms with van der Waals surface area (Å²) in [5.74, 6) is 0.994. The number of carbonyl (C=O) groups excluding carboxylic acids is 1. The second kappa shape index (κ2) is 8.54. The lowest BCUT2D eigenvalue weighted by molar-refractivity contribution is 0.0620. The molecule has 3 aromatic rings. The number of aryl methyl sites for hydroxylation is 1. The number of aromatic nitrogens is 1. The first kappa shape index (κ1) is 18.7. The van der Waals surface area contributed by atoms with Crippen LogP contribution in [0.4, 0.5) is 0 Å². The molecule has 0 bridgehead atoms. The molecule has 1 aromatic carbocycles. The fourth-order valence-corrected chi connectivity index (χ4v) is 3.86. The van der Waals surface area contributed by atoms with Crippen LogP contribution >= 0.6 is 11.3 Å². The summed E-state index contributed by atoms with van der Waals surface area (Å²) in [6, 6.07) is 13.9. The molecule has 0 unspecified atom stereocenters. The summed E-state index contributed by atoms with van der Waals surface area (Å²) in [7, 11) is 0. The van der Waals surface area contributed by atoms with Gasteiger partial charge in [0, 0.05) is 38.1 Å². The fourth-order valence-electron chi connectivity index (χ4n) is 3.26. The zero-order chi connectivity index (χ0) is 19.3. The Morgan fingerprint density at radius 3 is 2.64 bits per heavy atom. The van der Waals surface area contributed by atoms with E-state index < -0.39 is 0 Å². The molecule has 0 spiro atoms. The number of rotatable bonds is 5. The molecule has 3 heterocycles.